The van der Waals surface area contributed by atoms with Crippen LogP contribution in [0.1, 0.15) is 19.3 Å². The Labute approximate surface area is 130 Å². The van der Waals surface area contributed by atoms with Gasteiger partial charge in [0.2, 0.25) is 5.95 Å². The summed E-state index contributed by atoms with van der Waals surface area (Å²) < 4.78 is 14.0. The van der Waals surface area contributed by atoms with Crippen LogP contribution in [-0.4, -0.2) is 72.4 Å². The van der Waals surface area contributed by atoms with Crippen molar-refractivity contribution in [2.45, 2.75) is 25.3 Å². The second-order valence-electron chi connectivity index (χ2n) is 6.13. The van der Waals surface area contributed by atoms with Gasteiger partial charge in [-0.1, -0.05) is 0 Å². The Morgan fingerprint density at radius 3 is 2.73 bits per heavy atom. The molecule has 0 aliphatic carbocycles. The van der Waals surface area contributed by atoms with E-state index in [-0.39, 0.29) is 18.5 Å². The molecule has 0 unspecified atom stereocenters. The molecule has 2 saturated heterocycles. The van der Waals surface area contributed by atoms with E-state index in [2.05, 4.69) is 26.8 Å². The Kier molecular flexibility index (Phi) is 4.73. The molecule has 0 bridgehead atoms. The van der Waals surface area contributed by atoms with Gasteiger partial charge >= 0.3 is 0 Å². The summed E-state index contributed by atoms with van der Waals surface area (Å²) in [6.07, 6.45) is 4.19. The minimum atomic E-state index is -0.341. The predicted molar refractivity (Wildman–Crippen MR) is 83.8 cm³/mol. The second kappa shape index (κ2) is 6.75. The van der Waals surface area contributed by atoms with Gasteiger partial charge in [-0.3, -0.25) is 4.90 Å². The molecule has 2 fully saturated rings. The van der Waals surface area contributed by atoms with Crippen LogP contribution in [0, 0.1) is 5.82 Å². The standard InChI is InChI=1S/C15H24FN5O/c1-19-7-8-21(11-12(19)4-9-22)15-17-10-13(16)14(18-15)20-5-2-3-6-20/h10,12,22H,2-9,11H2,1H3/t12-/m0/s1. The number of anilines is 2. The molecule has 6 nitrogen and oxygen atoms in total. The third-order valence-electron chi connectivity index (χ3n) is 4.64. The van der Waals surface area contributed by atoms with Gasteiger partial charge in [-0.25, -0.2) is 9.37 Å². The summed E-state index contributed by atoms with van der Waals surface area (Å²) in [5.74, 6) is 0.686. The predicted octanol–water partition coefficient (Wildman–Crippen LogP) is 0.719. The average Bonchev–Trinajstić information content (AvgIpc) is 3.04. The quantitative estimate of drug-likeness (QED) is 0.884. The van der Waals surface area contributed by atoms with Crippen LogP contribution in [0.4, 0.5) is 16.2 Å². The van der Waals surface area contributed by atoms with Gasteiger partial charge in [-0.15, -0.1) is 0 Å². The first-order valence-corrected chi connectivity index (χ1v) is 8.02. The van der Waals surface area contributed by atoms with E-state index in [9.17, 15) is 9.50 Å². The zero-order valence-electron chi connectivity index (χ0n) is 13.1. The minimum Gasteiger partial charge on any atom is -0.396 e. The maximum atomic E-state index is 14.0. The number of likely N-dealkylation sites (N-methyl/N-ethyl adjacent to an activating group) is 1. The molecular weight excluding hydrogens is 285 g/mol. The molecule has 1 aromatic heterocycles. The van der Waals surface area contributed by atoms with Crippen LogP contribution in [0.5, 0.6) is 0 Å². The molecule has 7 heteroatoms. The highest BCUT2D eigenvalue weighted by Gasteiger charge is 2.27. The van der Waals surface area contributed by atoms with Gasteiger partial charge in [0.15, 0.2) is 11.6 Å². The smallest absolute Gasteiger partial charge is 0.227 e. The highest BCUT2D eigenvalue weighted by atomic mass is 19.1. The lowest BCUT2D eigenvalue weighted by Gasteiger charge is -2.39. The zero-order valence-corrected chi connectivity index (χ0v) is 13.1. The molecule has 0 radical (unpaired) electrons. The molecule has 122 valence electrons. The first-order chi connectivity index (χ1) is 10.7. The molecular formula is C15H24FN5O. The highest BCUT2D eigenvalue weighted by molar-refractivity contribution is 5.46. The number of rotatable bonds is 4. The van der Waals surface area contributed by atoms with Crippen LogP contribution in [0.15, 0.2) is 6.20 Å². The van der Waals surface area contributed by atoms with Crippen LogP contribution in [0.2, 0.25) is 0 Å². The molecule has 1 aromatic rings. The maximum absolute atomic E-state index is 14.0. The van der Waals surface area contributed by atoms with Gasteiger partial charge in [0, 0.05) is 45.4 Å². The number of hydrogen-bond donors (Lipinski definition) is 1. The van der Waals surface area contributed by atoms with Crippen molar-refractivity contribution in [2.24, 2.45) is 0 Å². The van der Waals surface area contributed by atoms with Crippen molar-refractivity contribution in [3.63, 3.8) is 0 Å². The average molecular weight is 309 g/mol. The fraction of sp³-hybridized carbons (Fsp3) is 0.733. The van der Waals surface area contributed by atoms with Crippen molar-refractivity contribution < 1.29 is 9.50 Å². The third kappa shape index (κ3) is 3.15. The first-order valence-electron chi connectivity index (χ1n) is 8.02. The Bertz CT molecular complexity index is 509. The Morgan fingerprint density at radius 1 is 1.23 bits per heavy atom. The van der Waals surface area contributed by atoms with Gasteiger partial charge in [-0.05, 0) is 26.3 Å². The summed E-state index contributed by atoms with van der Waals surface area (Å²) in [7, 11) is 2.07. The summed E-state index contributed by atoms with van der Waals surface area (Å²) in [6.45, 7) is 4.38. The lowest BCUT2D eigenvalue weighted by Crippen LogP contribution is -2.52. The summed E-state index contributed by atoms with van der Waals surface area (Å²) >= 11 is 0. The number of nitrogens with zero attached hydrogens (tertiary/aromatic N) is 5. The van der Waals surface area contributed by atoms with E-state index in [1.165, 1.54) is 6.20 Å². The van der Waals surface area contributed by atoms with Crippen molar-refractivity contribution in [1.82, 2.24) is 14.9 Å². The second-order valence-corrected chi connectivity index (χ2v) is 6.13. The summed E-state index contributed by atoms with van der Waals surface area (Å²) in [6, 6.07) is 0.280. The topological polar surface area (TPSA) is 55.7 Å². The van der Waals surface area contributed by atoms with Crippen LogP contribution in [0.3, 0.4) is 0 Å². The molecule has 22 heavy (non-hydrogen) atoms. The van der Waals surface area contributed by atoms with Crippen LogP contribution in [-0.2, 0) is 0 Å². The molecule has 3 heterocycles. The zero-order chi connectivity index (χ0) is 15.5. The lowest BCUT2D eigenvalue weighted by atomic mass is 10.1. The molecule has 0 amide bonds. The fourth-order valence-electron chi connectivity index (χ4n) is 3.24. The molecule has 1 atom stereocenters. The fourth-order valence-corrected chi connectivity index (χ4v) is 3.24. The molecule has 0 aromatic carbocycles. The molecule has 0 saturated carbocycles. The van der Waals surface area contributed by atoms with Crippen molar-refractivity contribution in [3.8, 4) is 0 Å². The lowest BCUT2D eigenvalue weighted by molar-refractivity contribution is 0.170. The monoisotopic (exact) mass is 309 g/mol. The summed E-state index contributed by atoms with van der Waals surface area (Å²) in [4.78, 5) is 15.0. The molecule has 2 aliphatic rings. The van der Waals surface area contributed by atoms with Gasteiger partial charge in [0.25, 0.3) is 0 Å². The van der Waals surface area contributed by atoms with Gasteiger partial charge < -0.3 is 14.9 Å². The Hall–Kier alpha value is -1.47. The summed E-state index contributed by atoms with van der Waals surface area (Å²) in [5.41, 5.74) is 0. The van der Waals surface area contributed by atoms with E-state index in [0.717, 1.165) is 52.0 Å². The number of halogens is 1. The third-order valence-corrected chi connectivity index (χ3v) is 4.64. The summed E-state index contributed by atoms with van der Waals surface area (Å²) in [5, 5.41) is 9.18. The number of aliphatic hydroxyl groups is 1. The van der Waals surface area contributed by atoms with E-state index in [0.29, 0.717) is 11.8 Å². The minimum absolute atomic E-state index is 0.173. The molecule has 3 rings (SSSR count). The molecule has 2 aliphatic heterocycles. The number of piperazine rings is 1. The van der Waals surface area contributed by atoms with E-state index in [1.807, 2.05) is 4.90 Å². The van der Waals surface area contributed by atoms with E-state index < -0.39 is 0 Å². The normalized spacial score (nSPS) is 23.3. The molecule has 0 spiro atoms. The van der Waals surface area contributed by atoms with Crippen LogP contribution >= 0.6 is 0 Å². The Morgan fingerprint density at radius 2 is 2.00 bits per heavy atom. The maximum Gasteiger partial charge on any atom is 0.227 e. The SMILES string of the molecule is CN1CCN(c2ncc(F)c(N3CCCC3)n2)C[C@@H]1CCO. The number of aromatic nitrogens is 2. The highest BCUT2D eigenvalue weighted by Crippen LogP contribution is 2.24. The van der Waals surface area contributed by atoms with Gasteiger partial charge in [-0.2, -0.15) is 4.98 Å². The van der Waals surface area contributed by atoms with E-state index in [4.69, 9.17) is 0 Å². The number of hydrogen-bond acceptors (Lipinski definition) is 6. The van der Waals surface area contributed by atoms with E-state index in [1.54, 1.807) is 0 Å². The van der Waals surface area contributed by atoms with E-state index >= 15 is 0 Å². The van der Waals surface area contributed by atoms with Crippen molar-refractivity contribution >= 4 is 11.8 Å². The van der Waals surface area contributed by atoms with Crippen molar-refractivity contribution in [3.05, 3.63) is 12.0 Å². The first kappa shape index (κ1) is 15.4. The van der Waals surface area contributed by atoms with Gasteiger partial charge in [0.05, 0.1) is 6.20 Å². The number of aliphatic hydroxyl groups excluding tert-OH is 1. The van der Waals surface area contributed by atoms with Gasteiger partial charge in [0.1, 0.15) is 0 Å². The van der Waals surface area contributed by atoms with Crippen LogP contribution < -0.4 is 9.80 Å². The Balaban J connectivity index is 1.78. The van der Waals surface area contributed by atoms with Crippen molar-refractivity contribution in [1.29, 1.82) is 0 Å². The van der Waals surface area contributed by atoms with Crippen molar-refractivity contribution in [2.75, 3.05) is 56.2 Å². The largest absolute Gasteiger partial charge is 0.396 e. The van der Waals surface area contributed by atoms with Crippen LogP contribution in [0.25, 0.3) is 0 Å². The molecule has 1 N–H and O–H groups in total.